The van der Waals surface area contributed by atoms with Crippen LogP contribution in [0.4, 0.5) is 5.69 Å². The number of nitrogens with one attached hydrogen (secondary N) is 1. The molecule has 1 amide bonds. The van der Waals surface area contributed by atoms with Crippen molar-refractivity contribution in [2.24, 2.45) is 0 Å². The predicted molar refractivity (Wildman–Crippen MR) is 65.8 cm³/mol. The quantitative estimate of drug-likeness (QED) is 0.841. The maximum atomic E-state index is 11.4. The molecule has 0 spiro atoms. The summed E-state index contributed by atoms with van der Waals surface area (Å²) in [5.41, 5.74) is 1.19. The summed E-state index contributed by atoms with van der Waals surface area (Å²) in [6.07, 6.45) is -6.18. The number of carboxylic acid groups (broad SMARTS) is 1. The van der Waals surface area contributed by atoms with Crippen LogP contribution >= 0.6 is 0 Å². The number of amides is 1. The van der Waals surface area contributed by atoms with Gasteiger partial charge >= 0.3 is 5.97 Å². The van der Waals surface area contributed by atoms with Gasteiger partial charge in [-0.1, -0.05) is 6.07 Å². The van der Waals surface area contributed by atoms with E-state index in [9.17, 15) is 9.59 Å². The van der Waals surface area contributed by atoms with Crippen molar-refractivity contribution in [3.05, 3.63) is 23.8 Å². The molecule has 0 saturated heterocycles. The van der Waals surface area contributed by atoms with Crippen LogP contribution in [0.15, 0.2) is 18.2 Å². The summed E-state index contributed by atoms with van der Waals surface area (Å²) in [5, 5.41) is 11.4. The lowest BCUT2D eigenvalue weighted by Crippen LogP contribution is -2.18. The van der Waals surface area contributed by atoms with E-state index in [-0.39, 0.29) is 11.7 Å². The molecule has 1 aromatic rings. The number of hydrogen-bond acceptors (Lipinski definition) is 3. The number of anilines is 1. The van der Waals surface area contributed by atoms with Gasteiger partial charge in [0.05, 0.1) is 9.30 Å². The molecule has 1 heterocycles. The highest BCUT2D eigenvalue weighted by Crippen LogP contribution is 2.27. The minimum Gasteiger partial charge on any atom is -0.494 e. The normalized spacial score (nSPS) is 21.0. The van der Waals surface area contributed by atoms with Crippen molar-refractivity contribution >= 4 is 17.6 Å². The van der Waals surface area contributed by atoms with E-state index in [4.69, 9.17) is 18.1 Å². The van der Waals surface area contributed by atoms with Crippen LogP contribution in [0.5, 0.6) is 5.75 Å². The fourth-order valence-electron chi connectivity index (χ4n) is 1.58. The van der Waals surface area contributed by atoms with Gasteiger partial charge in [-0.2, -0.15) is 0 Å². The molecule has 1 aliphatic rings. The molecule has 1 aliphatic heterocycles. The molecule has 0 radical (unpaired) electrons. The molecule has 2 N–H and O–H groups in total. The van der Waals surface area contributed by atoms with Gasteiger partial charge in [0.15, 0.2) is 0 Å². The Hall–Kier alpha value is -2.04. The Morgan fingerprint density at radius 1 is 1.50 bits per heavy atom. The summed E-state index contributed by atoms with van der Waals surface area (Å²) in [6, 6.07) is 4.21. The largest absolute Gasteiger partial charge is 0.494 e. The Kier molecular flexibility index (Phi) is 2.08. The maximum absolute atomic E-state index is 11.4. The van der Waals surface area contributed by atoms with Crippen molar-refractivity contribution in [2.75, 3.05) is 11.9 Å². The first-order chi connectivity index (χ1) is 10.9. The number of aliphatic carboxylic acids is 1. The minimum absolute atomic E-state index is 0.161. The van der Waals surface area contributed by atoms with E-state index in [1.165, 1.54) is 12.1 Å². The van der Waals surface area contributed by atoms with Gasteiger partial charge in [-0.15, -0.1) is 0 Å². The molecule has 18 heavy (non-hydrogen) atoms. The van der Waals surface area contributed by atoms with Gasteiger partial charge in [-0.05, 0) is 24.4 Å². The summed E-state index contributed by atoms with van der Waals surface area (Å²) in [7, 11) is 0. The summed E-state index contributed by atoms with van der Waals surface area (Å²) in [4.78, 5) is 22.3. The predicted octanol–water partition coefficient (Wildman–Crippen LogP) is 1.81. The summed E-state index contributed by atoms with van der Waals surface area (Å²) in [6.45, 7) is -3.28. The number of aryl methyl sites for hydroxylation is 1. The van der Waals surface area contributed by atoms with E-state index in [1.54, 1.807) is 6.07 Å². The molecule has 0 bridgehead atoms. The van der Waals surface area contributed by atoms with Crippen molar-refractivity contribution in [3.8, 4) is 5.75 Å². The highest BCUT2D eigenvalue weighted by Gasteiger charge is 2.14. The molecule has 96 valence electrons. The molecule has 0 saturated carbocycles. The van der Waals surface area contributed by atoms with Gasteiger partial charge in [-0.3, -0.25) is 9.59 Å². The van der Waals surface area contributed by atoms with Crippen LogP contribution < -0.4 is 10.1 Å². The Labute approximate surface area is 113 Å². The van der Waals surface area contributed by atoms with Crippen molar-refractivity contribution in [1.82, 2.24) is 0 Å². The zero-order chi connectivity index (χ0) is 18.3. The molecule has 0 aromatic heterocycles. The average molecular weight is 255 g/mol. The molecule has 0 atom stereocenters. The van der Waals surface area contributed by atoms with Crippen LogP contribution in [0.25, 0.3) is 0 Å². The third kappa shape index (κ3) is 3.23. The molecule has 2 rings (SSSR count). The summed E-state index contributed by atoms with van der Waals surface area (Å²) >= 11 is 0. The first kappa shape index (κ1) is 6.78. The molecule has 0 fully saturated rings. The zero-order valence-electron chi connectivity index (χ0n) is 15.3. The molecular weight excluding hydrogens is 234 g/mol. The van der Waals surface area contributed by atoms with Crippen LogP contribution in [0.1, 0.15) is 33.0 Å². The monoisotopic (exact) mass is 255 g/mol. The number of hydrogen-bond donors (Lipinski definition) is 2. The number of carbonyl (C=O) groups is 2. The van der Waals surface area contributed by atoms with Crippen molar-refractivity contribution in [3.63, 3.8) is 0 Å². The third-order valence-corrected chi connectivity index (χ3v) is 2.37. The summed E-state index contributed by atoms with van der Waals surface area (Å²) < 4.78 is 50.0. The van der Waals surface area contributed by atoms with Gasteiger partial charge < -0.3 is 15.2 Å². The molecular formula is C13H15NO4. The fourth-order valence-corrected chi connectivity index (χ4v) is 1.58. The Morgan fingerprint density at radius 2 is 2.33 bits per heavy atom. The molecule has 1 aromatic carbocycles. The summed E-state index contributed by atoms with van der Waals surface area (Å²) in [5.74, 6) is -2.52. The number of fused-ring (bicyclic) bond motifs is 1. The van der Waals surface area contributed by atoms with Crippen molar-refractivity contribution in [1.29, 1.82) is 0 Å². The second-order valence-electron chi connectivity index (χ2n) is 3.63. The lowest BCUT2D eigenvalue weighted by atomic mass is 10.0. The number of carboxylic acids is 1. The van der Waals surface area contributed by atoms with E-state index in [1.807, 2.05) is 0 Å². The second kappa shape index (κ2) is 5.53. The van der Waals surface area contributed by atoms with E-state index >= 15 is 0 Å². The molecule has 5 heteroatoms. The van der Waals surface area contributed by atoms with Gasteiger partial charge in [0.25, 0.3) is 0 Å². The number of carbonyl (C=O) groups excluding carboxylic acids is 1. The third-order valence-electron chi connectivity index (χ3n) is 2.37. The van der Waals surface area contributed by atoms with Crippen molar-refractivity contribution < 1.29 is 27.7 Å². The Morgan fingerprint density at radius 3 is 3.11 bits per heavy atom. The molecule has 5 nitrogen and oxygen atoms in total. The Bertz CT molecular complexity index is 691. The number of ether oxygens (including phenoxy) is 1. The minimum atomic E-state index is -3.51. The average Bonchev–Trinajstić information content (AvgIpc) is 2.45. The molecule has 0 aliphatic carbocycles. The smallest absolute Gasteiger partial charge is 0.303 e. The Balaban J connectivity index is 2.31. The van der Waals surface area contributed by atoms with Crippen LogP contribution in [-0.2, 0) is 16.0 Å². The first-order valence-electron chi connectivity index (χ1n) is 8.24. The first-order valence-corrected chi connectivity index (χ1v) is 5.24. The van der Waals surface area contributed by atoms with E-state index in [2.05, 4.69) is 5.32 Å². The van der Waals surface area contributed by atoms with Crippen LogP contribution in [0, 0.1) is 0 Å². The van der Waals surface area contributed by atoms with E-state index in [0.717, 1.165) is 5.56 Å². The SMILES string of the molecule is [2H]C([2H])(Oc1ccc2c(c1)NC(=O)CC2)C([2H])([2H])C([2H])([2H])C(=O)O. The fraction of sp³-hybridized carbons (Fsp3) is 0.385. The van der Waals surface area contributed by atoms with Crippen molar-refractivity contribution in [2.45, 2.75) is 25.6 Å². The second-order valence-corrected chi connectivity index (χ2v) is 3.63. The lowest BCUT2D eigenvalue weighted by Gasteiger charge is -2.17. The lowest BCUT2D eigenvalue weighted by molar-refractivity contribution is -0.137. The highest BCUT2D eigenvalue weighted by molar-refractivity contribution is 5.94. The maximum Gasteiger partial charge on any atom is 0.303 e. The van der Waals surface area contributed by atoms with Gasteiger partial charge in [-0.25, -0.2) is 0 Å². The zero-order valence-corrected chi connectivity index (χ0v) is 9.32. The molecule has 0 unspecified atom stereocenters. The van der Waals surface area contributed by atoms with Gasteiger partial charge in [0.2, 0.25) is 5.91 Å². The van der Waals surface area contributed by atoms with Crippen LogP contribution in [0.3, 0.4) is 0 Å². The topological polar surface area (TPSA) is 75.6 Å². The van der Waals surface area contributed by atoms with Gasteiger partial charge in [0, 0.05) is 30.0 Å². The number of benzene rings is 1. The highest BCUT2D eigenvalue weighted by atomic mass is 16.5. The van der Waals surface area contributed by atoms with Gasteiger partial charge in [0.1, 0.15) is 5.75 Å². The van der Waals surface area contributed by atoms with E-state index < -0.39 is 25.3 Å². The van der Waals surface area contributed by atoms with Crippen LogP contribution in [-0.4, -0.2) is 23.5 Å². The van der Waals surface area contributed by atoms with Crippen LogP contribution in [0.2, 0.25) is 0 Å². The number of rotatable bonds is 5. The van der Waals surface area contributed by atoms with E-state index in [0.29, 0.717) is 18.5 Å². The standard InChI is InChI=1S/C13H15NO4/c15-12-6-4-9-3-5-10(8-11(9)14-12)18-7-1-2-13(16)17/h3,5,8H,1-2,4,6-7H2,(H,14,15)(H,16,17)/i1D2,2D2,7D2.